The lowest BCUT2D eigenvalue weighted by atomic mass is 9.99. The van der Waals surface area contributed by atoms with Crippen LogP contribution in [0.4, 0.5) is 0 Å². The molecular formula is C13H22N2O4. The molecule has 0 bridgehead atoms. The second kappa shape index (κ2) is 6.47. The standard InChI is InChI=1S/C13H22N2O4/c16-7-10-12(18)11(17)9(15-10)6-14-13(19)8-4-2-1-3-5-8/h4,9-12,15-18H,1-3,5-7H2,(H,14,19)/t9-,10-,11-,12+/m1/s1. The summed E-state index contributed by atoms with van der Waals surface area (Å²) in [6.07, 6.45) is 3.90. The molecule has 19 heavy (non-hydrogen) atoms. The fourth-order valence-corrected chi connectivity index (χ4v) is 2.65. The molecule has 108 valence electrons. The molecule has 2 aliphatic rings. The molecule has 0 saturated carbocycles. The first-order valence-corrected chi connectivity index (χ1v) is 6.83. The molecule has 1 fully saturated rings. The van der Waals surface area contributed by atoms with Crippen LogP contribution in [0.1, 0.15) is 25.7 Å². The molecular weight excluding hydrogens is 248 g/mol. The van der Waals surface area contributed by atoms with E-state index in [1.54, 1.807) is 0 Å². The first-order valence-electron chi connectivity index (χ1n) is 6.83. The van der Waals surface area contributed by atoms with E-state index in [0.29, 0.717) is 0 Å². The summed E-state index contributed by atoms with van der Waals surface area (Å²) in [5.41, 5.74) is 0.804. The maximum absolute atomic E-state index is 11.9. The van der Waals surface area contributed by atoms with Crippen LogP contribution >= 0.6 is 0 Å². The van der Waals surface area contributed by atoms with Crippen LogP contribution in [0.3, 0.4) is 0 Å². The molecule has 1 heterocycles. The summed E-state index contributed by atoms with van der Waals surface area (Å²) in [5.74, 6) is -0.101. The van der Waals surface area contributed by atoms with Gasteiger partial charge in [0.15, 0.2) is 0 Å². The van der Waals surface area contributed by atoms with Gasteiger partial charge in [0.1, 0.15) is 0 Å². The third-order valence-corrected chi connectivity index (χ3v) is 3.86. The van der Waals surface area contributed by atoms with E-state index in [0.717, 1.165) is 31.3 Å². The van der Waals surface area contributed by atoms with E-state index in [1.807, 2.05) is 6.08 Å². The summed E-state index contributed by atoms with van der Waals surface area (Å²) >= 11 is 0. The van der Waals surface area contributed by atoms with Crippen LogP contribution in [0.15, 0.2) is 11.6 Å². The van der Waals surface area contributed by atoms with Gasteiger partial charge in [0.05, 0.1) is 30.9 Å². The average Bonchev–Trinajstić information content (AvgIpc) is 2.73. The number of nitrogens with one attached hydrogen (secondary N) is 2. The number of aliphatic hydroxyl groups is 3. The Morgan fingerprint density at radius 3 is 2.63 bits per heavy atom. The van der Waals surface area contributed by atoms with E-state index in [4.69, 9.17) is 5.11 Å². The van der Waals surface area contributed by atoms with Gasteiger partial charge in [-0.3, -0.25) is 4.79 Å². The minimum atomic E-state index is -0.999. The van der Waals surface area contributed by atoms with E-state index < -0.39 is 24.3 Å². The third-order valence-electron chi connectivity index (χ3n) is 3.86. The molecule has 0 aromatic heterocycles. The van der Waals surface area contributed by atoms with Crippen LogP contribution in [0.25, 0.3) is 0 Å². The maximum Gasteiger partial charge on any atom is 0.246 e. The number of hydrogen-bond donors (Lipinski definition) is 5. The summed E-state index contributed by atoms with van der Waals surface area (Å²) in [6, 6.07) is -0.967. The Morgan fingerprint density at radius 1 is 1.32 bits per heavy atom. The van der Waals surface area contributed by atoms with Crippen LogP contribution in [-0.4, -0.2) is 58.7 Å². The van der Waals surface area contributed by atoms with Crippen molar-refractivity contribution >= 4 is 5.91 Å². The molecule has 1 saturated heterocycles. The van der Waals surface area contributed by atoms with Gasteiger partial charge in [0.25, 0.3) is 0 Å². The minimum absolute atomic E-state index is 0.101. The van der Waals surface area contributed by atoms with Gasteiger partial charge in [-0.05, 0) is 25.7 Å². The van der Waals surface area contributed by atoms with Crippen molar-refractivity contribution in [3.63, 3.8) is 0 Å². The molecule has 6 heteroatoms. The highest BCUT2D eigenvalue weighted by Crippen LogP contribution is 2.18. The fraction of sp³-hybridized carbons (Fsp3) is 0.769. The van der Waals surface area contributed by atoms with Crippen molar-refractivity contribution < 1.29 is 20.1 Å². The Morgan fingerprint density at radius 2 is 2.05 bits per heavy atom. The van der Waals surface area contributed by atoms with Crippen LogP contribution in [0.2, 0.25) is 0 Å². The van der Waals surface area contributed by atoms with E-state index in [2.05, 4.69) is 10.6 Å². The third kappa shape index (κ3) is 3.33. The Kier molecular flexibility index (Phi) is 4.93. The number of carbonyl (C=O) groups is 1. The van der Waals surface area contributed by atoms with Crippen LogP contribution < -0.4 is 10.6 Å². The van der Waals surface area contributed by atoms with Crippen molar-refractivity contribution in [3.8, 4) is 0 Å². The highest BCUT2D eigenvalue weighted by Gasteiger charge is 2.40. The summed E-state index contributed by atoms with van der Waals surface area (Å²) in [7, 11) is 0. The zero-order chi connectivity index (χ0) is 13.8. The monoisotopic (exact) mass is 270 g/mol. The number of rotatable bonds is 4. The Labute approximate surface area is 112 Å². The number of hydrogen-bond acceptors (Lipinski definition) is 5. The van der Waals surface area contributed by atoms with Gasteiger partial charge in [0, 0.05) is 12.1 Å². The van der Waals surface area contributed by atoms with E-state index >= 15 is 0 Å². The van der Waals surface area contributed by atoms with Crippen molar-refractivity contribution in [1.29, 1.82) is 0 Å². The molecule has 0 aromatic carbocycles. The second-order valence-electron chi connectivity index (χ2n) is 5.23. The Balaban J connectivity index is 1.82. The molecule has 1 aliphatic heterocycles. The zero-order valence-electron chi connectivity index (χ0n) is 10.9. The molecule has 0 unspecified atom stereocenters. The first-order chi connectivity index (χ1) is 9.13. The van der Waals surface area contributed by atoms with Gasteiger partial charge in [-0.25, -0.2) is 0 Å². The predicted octanol–water partition coefficient (Wildman–Crippen LogP) is -1.34. The number of allylic oxidation sites excluding steroid dienone is 1. The van der Waals surface area contributed by atoms with Crippen molar-refractivity contribution in [1.82, 2.24) is 10.6 Å². The average molecular weight is 270 g/mol. The Hall–Kier alpha value is -0.950. The number of amides is 1. The van der Waals surface area contributed by atoms with Crippen LogP contribution in [0, 0.1) is 0 Å². The molecule has 1 aliphatic carbocycles. The van der Waals surface area contributed by atoms with Gasteiger partial charge < -0.3 is 26.0 Å². The lowest BCUT2D eigenvalue weighted by Crippen LogP contribution is -2.44. The normalized spacial score (nSPS) is 35.0. The smallest absolute Gasteiger partial charge is 0.246 e. The Bertz CT molecular complexity index is 359. The summed E-state index contributed by atoms with van der Waals surface area (Å²) < 4.78 is 0. The second-order valence-corrected chi connectivity index (χ2v) is 5.23. The van der Waals surface area contributed by atoms with E-state index in [1.165, 1.54) is 0 Å². The fourth-order valence-electron chi connectivity index (χ4n) is 2.65. The van der Waals surface area contributed by atoms with Crippen LogP contribution in [0.5, 0.6) is 0 Å². The van der Waals surface area contributed by atoms with E-state index in [-0.39, 0.29) is 19.1 Å². The summed E-state index contributed by atoms with van der Waals surface area (Å²) in [6.45, 7) is -0.00126. The van der Waals surface area contributed by atoms with Crippen LogP contribution in [-0.2, 0) is 4.79 Å². The molecule has 0 aromatic rings. The maximum atomic E-state index is 11.9. The van der Waals surface area contributed by atoms with Gasteiger partial charge in [-0.2, -0.15) is 0 Å². The predicted molar refractivity (Wildman–Crippen MR) is 69.4 cm³/mol. The lowest BCUT2D eigenvalue weighted by molar-refractivity contribution is -0.117. The summed E-state index contributed by atoms with van der Waals surface area (Å²) in [5, 5.41) is 34.1. The van der Waals surface area contributed by atoms with Gasteiger partial charge in [-0.15, -0.1) is 0 Å². The molecule has 4 atom stereocenters. The van der Waals surface area contributed by atoms with Crippen molar-refractivity contribution in [2.24, 2.45) is 0 Å². The summed E-state index contributed by atoms with van der Waals surface area (Å²) in [4.78, 5) is 11.9. The lowest BCUT2D eigenvalue weighted by Gasteiger charge is -2.18. The van der Waals surface area contributed by atoms with Gasteiger partial charge in [0.2, 0.25) is 5.91 Å². The quantitative estimate of drug-likeness (QED) is 0.435. The highest BCUT2D eigenvalue weighted by molar-refractivity contribution is 5.93. The van der Waals surface area contributed by atoms with E-state index in [9.17, 15) is 15.0 Å². The number of carbonyl (C=O) groups excluding carboxylic acids is 1. The zero-order valence-corrected chi connectivity index (χ0v) is 10.9. The molecule has 6 nitrogen and oxygen atoms in total. The molecule has 0 radical (unpaired) electrons. The van der Waals surface area contributed by atoms with Gasteiger partial charge >= 0.3 is 0 Å². The van der Waals surface area contributed by atoms with Crippen molar-refractivity contribution in [2.75, 3.05) is 13.2 Å². The topological polar surface area (TPSA) is 102 Å². The SMILES string of the molecule is O=C(NC[C@H]1N[C@H](CO)[C@H](O)[C@@H]1O)C1=CCCCC1. The molecule has 0 spiro atoms. The number of aliphatic hydroxyl groups excluding tert-OH is 3. The molecule has 1 amide bonds. The minimum Gasteiger partial charge on any atom is -0.395 e. The molecule has 2 rings (SSSR count). The van der Waals surface area contributed by atoms with Crippen molar-refractivity contribution in [2.45, 2.75) is 50.0 Å². The molecule has 5 N–H and O–H groups in total. The first kappa shape index (κ1) is 14.5. The van der Waals surface area contributed by atoms with Gasteiger partial charge in [-0.1, -0.05) is 6.08 Å². The highest BCUT2D eigenvalue weighted by atomic mass is 16.3. The largest absolute Gasteiger partial charge is 0.395 e. The van der Waals surface area contributed by atoms with Crippen molar-refractivity contribution in [3.05, 3.63) is 11.6 Å².